The lowest BCUT2D eigenvalue weighted by Crippen LogP contribution is -2.41. The van der Waals surface area contributed by atoms with Crippen molar-refractivity contribution in [3.8, 4) is 11.5 Å². The number of benzene rings is 2. The van der Waals surface area contributed by atoms with Crippen molar-refractivity contribution in [2.75, 3.05) is 13.2 Å². The molecule has 0 saturated heterocycles. The van der Waals surface area contributed by atoms with Crippen LogP contribution in [-0.2, 0) is 0 Å². The minimum Gasteiger partial charge on any atom is -0.486 e. The van der Waals surface area contributed by atoms with Gasteiger partial charge < -0.3 is 20.1 Å². The number of hydrogen-bond acceptors (Lipinski definition) is 3. The summed E-state index contributed by atoms with van der Waals surface area (Å²) in [5, 5.41) is 6.16. The van der Waals surface area contributed by atoms with Crippen LogP contribution in [-0.4, -0.2) is 19.2 Å². The van der Waals surface area contributed by atoms with Gasteiger partial charge in [0.1, 0.15) is 13.2 Å². The molecule has 0 bridgehead atoms. The number of urea groups is 1. The van der Waals surface area contributed by atoms with E-state index in [0.717, 1.165) is 28.2 Å². The van der Waals surface area contributed by atoms with Gasteiger partial charge in [-0.1, -0.05) is 44.2 Å². The van der Waals surface area contributed by atoms with Gasteiger partial charge in [0.15, 0.2) is 11.5 Å². The Bertz CT molecular complexity index is 804. The molecule has 3 rings (SSSR count). The molecule has 2 N–H and O–H groups in total. The van der Waals surface area contributed by atoms with Crippen LogP contribution in [0.3, 0.4) is 0 Å². The summed E-state index contributed by atoms with van der Waals surface area (Å²) >= 11 is 0. The predicted octanol–water partition coefficient (Wildman–Crippen LogP) is 4.52. The first-order chi connectivity index (χ1) is 13.0. The lowest BCUT2D eigenvalue weighted by atomic mass is 9.95. The van der Waals surface area contributed by atoms with Gasteiger partial charge in [-0.05, 0) is 48.6 Å². The molecule has 0 radical (unpaired) electrons. The van der Waals surface area contributed by atoms with Crippen LogP contribution in [0.25, 0.3) is 0 Å². The molecule has 0 aliphatic carbocycles. The maximum Gasteiger partial charge on any atom is 0.315 e. The van der Waals surface area contributed by atoms with Gasteiger partial charge in [0, 0.05) is 0 Å². The van der Waals surface area contributed by atoms with Crippen LogP contribution in [0.15, 0.2) is 42.5 Å². The fourth-order valence-corrected chi connectivity index (χ4v) is 3.42. The van der Waals surface area contributed by atoms with Crippen LogP contribution < -0.4 is 20.1 Å². The number of ether oxygens (including phenoxy) is 2. The van der Waals surface area contributed by atoms with Crippen molar-refractivity contribution in [1.82, 2.24) is 10.6 Å². The number of amides is 2. The van der Waals surface area contributed by atoms with Crippen molar-refractivity contribution < 1.29 is 14.3 Å². The van der Waals surface area contributed by atoms with E-state index in [1.54, 1.807) is 0 Å². The molecule has 0 saturated carbocycles. The Labute approximate surface area is 161 Å². The second-order valence-electron chi connectivity index (χ2n) is 7.32. The summed E-state index contributed by atoms with van der Waals surface area (Å²) in [6.07, 6.45) is 0. The highest BCUT2D eigenvalue weighted by atomic mass is 16.6. The van der Waals surface area contributed by atoms with E-state index < -0.39 is 0 Å². The van der Waals surface area contributed by atoms with E-state index in [9.17, 15) is 4.79 Å². The van der Waals surface area contributed by atoms with Gasteiger partial charge >= 0.3 is 6.03 Å². The standard InChI is InChI=1S/C22H28N2O3/c1-14(2)21(17-9-10-19-20(13-17)27-12-11-26-19)24-22(25)23-16(4)18-8-6-5-7-15(18)3/h5-10,13-14,16,21H,11-12H2,1-4H3,(H2,23,24,25)/t16-,21-/m0/s1. The molecule has 0 spiro atoms. The van der Waals surface area contributed by atoms with E-state index in [1.165, 1.54) is 0 Å². The van der Waals surface area contributed by atoms with E-state index in [2.05, 4.69) is 37.5 Å². The maximum atomic E-state index is 12.6. The van der Waals surface area contributed by atoms with Crippen molar-refractivity contribution in [3.63, 3.8) is 0 Å². The van der Waals surface area contributed by atoms with Crippen LogP contribution in [0, 0.1) is 12.8 Å². The molecule has 0 aromatic heterocycles. The summed E-state index contributed by atoms with van der Waals surface area (Å²) in [4.78, 5) is 12.6. The summed E-state index contributed by atoms with van der Waals surface area (Å²) in [7, 11) is 0. The lowest BCUT2D eigenvalue weighted by Gasteiger charge is -2.26. The highest BCUT2D eigenvalue weighted by molar-refractivity contribution is 5.75. The molecule has 2 amide bonds. The maximum absolute atomic E-state index is 12.6. The molecule has 2 aromatic carbocycles. The topological polar surface area (TPSA) is 59.6 Å². The molecular formula is C22H28N2O3. The number of fused-ring (bicyclic) bond motifs is 1. The van der Waals surface area contributed by atoms with E-state index >= 15 is 0 Å². The van der Waals surface area contributed by atoms with Crippen molar-refractivity contribution in [2.45, 2.75) is 39.8 Å². The fourth-order valence-electron chi connectivity index (χ4n) is 3.42. The Hall–Kier alpha value is -2.69. The van der Waals surface area contributed by atoms with E-state index in [4.69, 9.17) is 9.47 Å². The molecule has 144 valence electrons. The zero-order chi connectivity index (χ0) is 19.4. The highest BCUT2D eigenvalue weighted by Gasteiger charge is 2.22. The van der Waals surface area contributed by atoms with Crippen LogP contribution in [0.2, 0.25) is 0 Å². The predicted molar refractivity (Wildman–Crippen MR) is 106 cm³/mol. The summed E-state index contributed by atoms with van der Waals surface area (Å²) in [6, 6.07) is 13.6. The Balaban J connectivity index is 1.71. The van der Waals surface area contributed by atoms with Crippen LogP contribution >= 0.6 is 0 Å². The van der Waals surface area contributed by atoms with Crippen molar-refractivity contribution in [2.24, 2.45) is 5.92 Å². The first-order valence-electron chi connectivity index (χ1n) is 9.48. The summed E-state index contributed by atoms with van der Waals surface area (Å²) < 4.78 is 11.3. The lowest BCUT2D eigenvalue weighted by molar-refractivity contribution is 0.171. The van der Waals surface area contributed by atoms with E-state index in [-0.39, 0.29) is 24.0 Å². The molecule has 1 aliphatic heterocycles. The summed E-state index contributed by atoms with van der Waals surface area (Å²) in [6.45, 7) is 9.34. The summed E-state index contributed by atoms with van der Waals surface area (Å²) in [5.41, 5.74) is 3.29. The van der Waals surface area contributed by atoms with Crippen LogP contribution in [0.5, 0.6) is 11.5 Å². The molecule has 0 unspecified atom stereocenters. The molecule has 1 aliphatic rings. The zero-order valence-corrected chi connectivity index (χ0v) is 16.4. The zero-order valence-electron chi connectivity index (χ0n) is 16.4. The smallest absolute Gasteiger partial charge is 0.315 e. The van der Waals surface area contributed by atoms with Gasteiger partial charge in [-0.2, -0.15) is 0 Å². The monoisotopic (exact) mass is 368 g/mol. The Morgan fingerprint density at radius 1 is 0.963 bits per heavy atom. The third-order valence-corrected chi connectivity index (χ3v) is 4.88. The number of carbonyl (C=O) groups excluding carboxylic acids is 1. The Kier molecular flexibility index (Phi) is 5.89. The van der Waals surface area contributed by atoms with Crippen LogP contribution in [0.1, 0.15) is 49.5 Å². The Morgan fingerprint density at radius 3 is 2.37 bits per heavy atom. The number of aryl methyl sites for hydroxylation is 1. The molecule has 1 heterocycles. The van der Waals surface area contributed by atoms with E-state index in [0.29, 0.717) is 13.2 Å². The van der Waals surface area contributed by atoms with Crippen molar-refractivity contribution in [3.05, 3.63) is 59.2 Å². The molecule has 0 fully saturated rings. The fraction of sp³-hybridized carbons (Fsp3) is 0.409. The van der Waals surface area contributed by atoms with Crippen molar-refractivity contribution in [1.29, 1.82) is 0 Å². The van der Waals surface area contributed by atoms with Gasteiger partial charge in [-0.15, -0.1) is 0 Å². The van der Waals surface area contributed by atoms with E-state index in [1.807, 2.05) is 43.3 Å². The number of carbonyl (C=O) groups is 1. The molecule has 2 atom stereocenters. The molecule has 5 heteroatoms. The largest absolute Gasteiger partial charge is 0.486 e. The first-order valence-corrected chi connectivity index (χ1v) is 9.48. The van der Waals surface area contributed by atoms with Gasteiger partial charge in [0.05, 0.1) is 12.1 Å². The quantitative estimate of drug-likeness (QED) is 0.815. The third-order valence-electron chi connectivity index (χ3n) is 4.88. The van der Waals surface area contributed by atoms with Gasteiger partial charge in [-0.25, -0.2) is 4.79 Å². The highest BCUT2D eigenvalue weighted by Crippen LogP contribution is 2.34. The van der Waals surface area contributed by atoms with Gasteiger partial charge in [-0.3, -0.25) is 0 Å². The Morgan fingerprint density at radius 2 is 1.67 bits per heavy atom. The number of rotatable bonds is 5. The SMILES string of the molecule is Cc1ccccc1[C@H](C)NC(=O)N[C@H](c1ccc2c(c1)OCCO2)C(C)C. The second kappa shape index (κ2) is 8.33. The molecule has 27 heavy (non-hydrogen) atoms. The molecule has 2 aromatic rings. The second-order valence-corrected chi connectivity index (χ2v) is 7.32. The number of nitrogens with one attached hydrogen (secondary N) is 2. The van der Waals surface area contributed by atoms with Gasteiger partial charge in [0.25, 0.3) is 0 Å². The summed E-state index contributed by atoms with van der Waals surface area (Å²) in [5.74, 6) is 1.72. The molecule has 5 nitrogen and oxygen atoms in total. The van der Waals surface area contributed by atoms with Gasteiger partial charge in [0.2, 0.25) is 0 Å². The minimum atomic E-state index is -0.181. The number of hydrogen-bond donors (Lipinski definition) is 2. The minimum absolute atomic E-state index is 0.0701. The average molecular weight is 368 g/mol. The molecular weight excluding hydrogens is 340 g/mol. The van der Waals surface area contributed by atoms with Crippen molar-refractivity contribution >= 4 is 6.03 Å². The van der Waals surface area contributed by atoms with Crippen LogP contribution in [0.4, 0.5) is 4.79 Å². The normalized spacial score (nSPS) is 15.1. The average Bonchev–Trinajstić information content (AvgIpc) is 2.65. The third kappa shape index (κ3) is 4.54. The first kappa shape index (κ1) is 19.1.